The van der Waals surface area contributed by atoms with Crippen LogP contribution >= 0.6 is 0 Å². The Morgan fingerprint density at radius 1 is 0.919 bits per heavy atom. The Balaban J connectivity index is 1.57. The van der Waals surface area contributed by atoms with Gasteiger partial charge in [0.15, 0.2) is 11.5 Å². The van der Waals surface area contributed by atoms with Gasteiger partial charge in [0.25, 0.3) is 5.56 Å². The van der Waals surface area contributed by atoms with Gasteiger partial charge in [-0.05, 0) is 52.2 Å². The maximum absolute atomic E-state index is 13.2. The molecule has 0 aliphatic carbocycles. The van der Waals surface area contributed by atoms with E-state index in [1.165, 1.54) is 13.3 Å². The van der Waals surface area contributed by atoms with Crippen LogP contribution in [0.25, 0.3) is 10.8 Å². The number of aromatic amines is 2. The van der Waals surface area contributed by atoms with Gasteiger partial charge in [0.1, 0.15) is 5.82 Å². The molecule has 1 aliphatic rings. The molecule has 3 aromatic carbocycles. The third-order valence-corrected chi connectivity index (χ3v) is 6.41. The normalized spacial score (nSPS) is 13.8. The summed E-state index contributed by atoms with van der Waals surface area (Å²) in [5, 5.41) is 5.15. The zero-order valence-electron chi connectivity index (χ0n) is 19.6. The Labute approximate surface area is 209 Å². The summed E-state index contributed by atoms with van der Waals surface area (Å²) in [7, 11) is 1.48. The molecule has 1 aliphatic heterocycles. The Morgan fingerprint density at radius 2 is 1.78 bits per heavy atom. The number of H-pyrrole nitrogens is 2. The van der Waals surface area contributed by atoms with Gasteiger partial charge in [0.2, 0.25) is 0 Å². The number of anilines is 2. The van der Waals surface area contributed by atoms with Crippen LogP contribution in [0.15, 0.2) is 88.7 Å². The number of rotatable bonds is 4. The molecule has 3 heterocycles. The largest absolute Gasteiger partial charge is 0.493 e. The Bertz CT molecular complexity index is 1790. The lowest BCUT2D eigenvalue weighted by Gasteiger charge is -2.30. The molecule has 0 saturated heterocycles. The topological polar surface area (TPSA) is 126 Å². The van der Waals surface area contributed by atoms with Gasteiger partial charge in [-0.15, -0.1) is 0 Å². The van der Waals surface area contributed by atoms with Crippen molar-refractivity contribution in [3.63, 3.8) is 0 Å². The average Bonchev–Trinajstić information content (AvgIpc) is 2.92. The van der Waals surface area contributed by atoms with Crippen LogP contribution in [0.5, 0.6) is 11.5 Å². The lowest BCUT2D eigenvalue weighted by atomic mass is 9.80. The molecule has 0 radical (unpaired) electrons. The number of aromatic nitrogens is 3. The molecule has 1 atom stereocenters. The molecule has 182 valence electrons. The Kier molecular flexibility index (Phi) is 5.30. The number of carbonyl (C=O) groups excluding carboxylic acids is 1. The predicted molar refractivity (Wildman–Crippen MR) is 138 cm³/mol. The van der Waals surface area contributed by atoms with Gasteiger partial charge in [-0.3, -0.25) is 19.7 Å². The highest BCUT2D eigenvalue weighted by molar-refractivity contribution is 5.94. The zero-order valence-corrected chi connectivity index (χ0v) is 19.6. The average molecular weight is 492 g/mol. The fourth-order valence-corrected chi connectivity index (χ4v) is 4.79. The number of pyridine rings is 1. The number of esters is 1. The van der Waals surface area contributed by atoms with Crippen LogP contribution in [0.1, 0.15) is 33.0 Å². The Hall–Kier alpha value is -5.18. The van der Waals surface area contributed by atoms with Crippen LogP contribution in [0.4, 0.5) is 11.5 Å². The third kappa shape index (κ3) is 3.82. The van der Waals surface area contributed by atoms with Gasteiger partial charge in [-0.2, -0.15) is 0 Å². The molecule has 5 aromatic rings. The lowest BCUT2D eigenvalue weighted by molar-refractivity contribution is 0.0729. The van der Waals surface area contributed by atoms with E-state index in [2.05, 4.69) is 20.3 Å². The highest BCUT2D eigenvalue weighted by Crippen LogP contribution is 2.46. The van der Waals surface area contributed by atoms with E-state index < -0.39 is 23.1 Å². The first-order chi connectivity index (χ1) is 18.0. The summed E-state index contributed by atoms with van der Waals surface area (Å²) in [6, 6.07) is 20.2. The van der Waals surface area contributed by atoms with E-state index in [9.17, 15) is 14.4 Å². The standard InChI is InChI=1S/C28H20N4O5/c1-36-20-11-9-16(13-21(20)37-27(34)17-6-4-12-29-14-17)22-23-18-7-3-2-5-15(18)8-10-19(23)30-25-24(22)26(33)32-28(35)31-25/h2-14,22H,1H3,(H3,30,31,32,33,35). The number of hydrogen-bond donors (Lipinski definition) is 3. The third-order valence-electron chi connectivity index (χ3n) is 6.41. The van der Waals surface area contributed by atoms with Crippen LogP contribution in [0, 0.1) is 0 Å². The SMILES string of the molecule is COc1ccc(C2c3c([nH]c(=O)[nH]c3=O)Nc3ccc4ccccc4c32)cc1OC(=O)c1cccnc1. The van der Waals surface area contributed by atoms with Crippen molar-refractivity contribution in [2.75, 3.05) is 12.4 Å². The Morgan fingerprint density at radius 3 is 2.59 bits per heavy atom. The van der Waals surface area contributed by atoms with Crippen molar-refractivity contribution in [1.29, 1.82) is 0 Å². The van der Waals surface area contributed by atoms with Crippen molar-refractivity contribution >= 4 is 28.2 Å². The lowest BCUT2D eigenvalue weighted by Crippen LogP contribution is -2.32. The molecule has 6 rings (SSSR count). The van der Waals surface area contributed by atoms with Gasteiger partial charge in [-0.25, -0.2) is 9.59 Å². The van der Waals surface area contributed by atoms with Crippen molar-refractivity contribution in [2.24, 2.45) is 0 Å². The number of nitrogens with one attached hydrogen (secondary N) is 3. The second kappa shape index (κ2) is 8.80. The molecule has 0 spiro atoms. The van der Waals surface area contributed by atoms with E-state index in [1.54, 1.807) is 30.5 Å². The molecule has 1 unspecified atom stereocenters. The molecule has 0 amide bonds. The summed E-state index contributed by atoms with van der Waals surface area (Å²) in [6.45, 7) is 0. The predicted octanol–water partition coefficient (Wildman–Crippen LogP) is 4.08. The summed E-state index contributed by atoms with van der Waals surface area (Å²) >= 11 is 0. The van der Waals surface area contributed by atoms with Crippen molar-refractivity contribution in [3.05, 3.63) is 122 Å². The number of methoxy groups -OCH3 is 1. The summed E-state index contributed by atoms with van der Waals surface area (Å²) in [6.07, 6.45) is 2.98. The van der Waals surface area contributed by atoms with Gasteiger partial charge >= 0.3 is 11.7 Å². The number of ether oxygens (including phenoxy) is 2. The van der Waals surface area contributed by atoms with Crippen molar-refractivity contribution in [2.45, 2.75) is 5.92 Å². The maximum Gasteiger partial charge on any atom is 0.345 e. The highest BCUT2D eigenvalue weighted by Gasteiger charge is 2.33. The van der Waals surface area contributed by atoms with Crippen LogP contribution in [-0.4, -0.2) is 28.0 Å². The number of carbonyl (C=O) groups is 1. The first-order valence-corrected chi connectivity index (χ1v) is 11.5. The van der Waals surface area contributed by atoms with Crippen molar-refractivity contribution in [1.82, 2.24) is 15.0 Å². The summed E-state index contributed by atoms with van der Waals surface area (Å²) in [4.78, 5) is 47.1. The number of benzene rings is 3. The second-order valence-corrected chi connectivity index (χ2v) is 8.54. The van der Waals surface area contributed by atoms with Crippen molar-refractivity contribution < 1.29 is 14.3 Å². The molecular formula is C28H20N4O5. The van der Waals surface area contributed by atoms with Crippen molar-refractivity contribution in [3.8, 4) is 11.5 Å². The molecule has 0 bridgehead atoms. The number of fused-ring (bicyclic) bond motifs is 4. The van der Waals surface area contributed by atoms with E-state index in [-0.39, 0.29) is 11.3 Å². The van der Waals surface area contributed by atoms with Crippen LogP contribution in [0.3, 0.4) is 0 Å². The van der Waals surface area contributed by atoms with Gasteiger partial charge in [0.05, 0.1) is 18.2 Å². The fraction of sp³-hybridized carbons (Fsp3) is 0.0714. The van der Waals surface area contributed by atoms with Gasteiger partial charge in [0, 0.05) is 24.0 Å². The van der Waals surface area contributed by atoms with Gasteiger partial charge < -0.3 is 14.8 Å². The molecule has 2 aromatic heterocycles. The summed E-state index contributed by atoms with van der Waals surface area (Å²) in [5.74, 6) is -0.325. The van der Waals surface area contributed by atoms with E-state index >= 15 is 0 Å². The smallest absolute Gasteiger partial charge is 0.345 e. The van der Waals surface area contributed by atoms with Crippen LogP contribution < -0.4 is 26.0 Å². The molecule has 37 heavy (non-hydrogen) atoms. The summed E-state index contributed by atoms with van der Waals surface area (Å²) < 4.78 is 11.2. The van der Waals surface area contributed by atoms with E-state index in [0.29, 0.717) is 22.7 Å². The van der Waals surface area contributed by atoms with Crippen LogP contribution in [-0.2, 0) is 0 Å². The second-order valence-electron chi connectivity index (χ2n) is 8.54. The highest BCUT2D eigenvalue weighted by atomic mass is 16.6. The van der Waals surface area contributed by atoms with Gasteiger partial charge in [-0.1, -0.05) is 36.4 Å². The molecule has 3 N–H and O–H groups in total. The number of nitrogens with zero attached hydrogens (tertiary/aromatic N) is 1. The minimum atomic E-state index is -0.611. The van der Waals surface area contributed by atoms with E-state index in [4.69, 9.17) is 9.47 Å². The number of hydrogen-bond acceptors (Lipinski definition) is 7. The van der Waals surface area contributed by atoms with E-state index in [1.807, 2.05) is 42.5 Å². The minimum absolute atomic E-state index is 0.191. The zero-order chi connectivity index (χ0) is 25.5. The first kappa shape index (κ1) is 22.3. The molecule has 9 nitrogen and oxygen atoms in total. The molecule has 0 saturated carbocycles. The molecular weight excluding hydrogens is 472 g/mol. The minimum Gasteiger partial charge on any atom is -0.493 e. The molecule has 0 fully saturated rings. The molecule has 9 heteroatoms. The maximum atomic E-state index is 13.2. The first-order valence-electron chi connectivity index (χ1n) is 11.5. The van der Waals surface area contributed by atoms with Crippen LogP contribution in [0.2, 0.25) is 0 Å². The van der Waals surface area contributed by atoms with E-state index in [0.717, 1.165) is 22.0 Å². The summed E-state index contributed by atoms with van der Waals surface area (Å²) in [5.41, 5.74) is 1.79. The monoisotopic (exact) mass is 492 g/mol. The quantitative estimate of drug-likeness (QED) is 0.250. The fourth-order valence-electron chi connectivity index (χ4n) is 4.79.